The predicted octanol–water partition coefficient (Wildman–Crippen LogP) is 9.72. The van der Waals surface area contributed by atoms with Gasteiger partial charge in [0.15, 0.2) is 0 Å². The molecule has 0 saturated heterocycles. The first-order valence-corrected chi connectivity index (χ1v) is 13.7. The molecule has 0 spiro atoms. The highest BCUT2D eigenvalue weighted by Gasteiger charge is 2.16. The number of furan rings is 1. The first-order chi connectivity index (χ1) is 20.3. The zero-order chi connectivity index (χ0) is 26.9. The summed E-state index contributed by atoms with van der Waals surface area (Å²) in [6.07, 6.45) is 1.83. The summed E-state index contributed by atoms with van der Waals surface area (Å²) in [6.45, 7) is 0. The first-order valence-electron chi connectivity index (χ1n) is 13.7. The van der Waals surface area contributed by atoms with E-state index in [-0.39, 0.29) is 0 Å². The zero-order valence-electron chi connectivity index (χ0n) is 21.9. The summed E-state index contributed by atoms with van der Waals surface area (Å²) in [6, 6.07) is 41.9. The molecular weight excluding hydrogens is 502 g/mol. The average Bonchev–Trinajstić information content (AvgIpc) is 3.43. The van der Waals surface area contributed by atoms with Crippen molar-refractivity contribution in [3.05, 3.63) is 128 Å². The molecule has 0 fully saturated rings. The summed E-state index contributed by atoms with van der Waals surface area (Å²) >= 11 is 0. The van der Waals surface area contributed by atoms with Crippen molar-refractivity contribution in [2.75, 3.05) is 0 Å². The van der Waals surface area contributed by atoms with Crippen LogP contribution in [-0.4, -0.2) is 15.0 Å². The summed E-state index contributed by atoms with van der Waals surface area (Å²) in [5, 5.41) is 7.83. The number of hydrogen-bond donors (Lipinski definition) is 0. The molecule has 0 saturated carbocycles. The molecule has 0 radical (unpaired) electrons. The van der Waals surface area contributed by atoms with Crippen molar-refractivity contribution in [1.29, 1.82) is 0 Å². The Bertz CT molecular complexity index is 2480. The van der Waals surface area contributed by atoms with Crippen LogP contribution in [-0.2, 0) is 0 Å². The van der Waals surface area contributed by atoms with Gasteiger partial charge in [0.2, 0.25) is 0 Å². The van der Waals surface area contributed by atoms with Crippen molar-refractivity contribution in [3.8, 4) is 22.5 Å². The number of aromatic nitrogens is 3. The van der Waals surface area contributed by atoms with E-state index >= 15 is 0 Å². The van der Waals surface area contributed by atoms with Gasteiger partial charge in [0.1, 0.15) is 11.2 Å². The lowest BCUT2D eigenvalue weighted by atomic mass is 9.96. The standard InChI is InChI=1S/C37H21N3O/c1-2-8-27-26(7-1)33-30(19-20-32-34(33)28-9-3-4-10-31(28)41-32)40-35(27)24-13-11-22(12-14-24)29-18-17-25-16-15-23-6-5-21-38-36(23)37(25)39-29/h1-21H. The van der Waals surface area contributed by atoms with Crippen LogP contribution in [0.1, 0.15) is 0 Å². The highest BCUT2D eigenvalue weighted by atomic mass is 16.3. The molecule has 4 heterocycles. The molecule has 0 aliphatic heterocycles. The molecule has 4 nitrogen and oxygen atoms in total. The van der Waals surface area contributed by atoms with Crippen LogP contribution in [0.2, 0.25) is 0 Å². The molecule has 0 amide bonds. The minimum Gasteiger partial charge on any atom is -0.456 e. The van der Waals surface area contributed by atoms with E-state index in [4.69, 9.17) is 14.4 Å². The zero-order valence-corrected chi connectivity index (χ0v) is 21.9. The Hall–Kier alpha value is -5.61. The third kappa shape index (κ3) is 3.31. The normalized spacial score (nSPS) is 11.9. The quantitative estimate of drug-likeness (QED) is 0.212. The van der Waals surface area contributed by atoms with Crippen molar-refractivity contribution in [1.82, 2.24) is 15.0 Å². The van der Waals surface area contributed by atoms with Crippen molar-refractivity contribution < 1.29 is 4.42 Å². The lowest BCUT2D eigenvalue weighted by Gasteiger charge is -2.12. The smallest absolute Gasteiger partial charge is 0.136 e. The number of nitrogens with zero attached hydrogens (tertiary/aromatic N) is 3. The van der Waals surface area contributed by atoms with Crippen molar-refractivity contribution in [3.63, 3.8) is 0 Å². The van der Waals surface area contributed by atoms with Crippen LogP contribution in [0.3, 0.4) is 0 Å². The van der Waals surface area contributed by atoms with Crippen LogP contribution < -0.4 is 0 Å². The maximum atomic E-state index is 6.19. The number of fused-ring (bicyclic) bond motifs is 10. The van der Waals surface area contributed by atoms with E-state index in [0.29, 0.717) is 0 Å². The summed E-state index contributed by atoms with van der Waals surface area (Å²) in [5.74, 6) is 0. The van der Waals surface area contributed by atoms with Gasteiger partial charge < -0.3 is 4.42 Å². The first kappa shape index (κ1) is 22.2. The van der Waals surface area contributed by atoms with E-state index < -0.39 is 0 Å². The fraction of sp³-hybridized carbons (Fsp3) is 0. The third-order valence-electron chi connectivity index (χ3n) is 8.09. The third-order valence-corrected chi connectivity index (χ3v) is 8.09. The molecule has 4 heteroatoms. The second-order valence-corrected chi connectivity index (χ2v) is 10.4. The van der Waals surface area contributed by atoms with E-state index in [2.05, 4.69) is 102 Å². The van der Waals surface area contributed by atoms with Crippen molar-refractivity contribution in [2.24, 2.45) is 0 Å². The van der Waals surface area contributed by atoms with Gasteiger partial charge in [-0.2, -0.15) is 0 Å². The lowest BCUT2D eigenvalue weighted by molar-refractivity contribution is 0.669. The molecule has 0 atom stereocenters. The van der Waals surface area contributed by atoms with Gasteiger partial charge in [-0.1, -0.05) is 91.0 Å². The number of hydrogen-bond acceptors (Lipinski definition) is 4. The monoisotopic (exact) mass is 523 g/mol. The van der Waals surface area contributed by atoms with E-state index in [1.54, 1.807) is 0 Å². The molecule has 9 aromatic rings. The molecule has 190 valence electrons. The van der Waals surface area contributed by atoms with Crippen LogP contribution in [0.4, 0.5) is 0 Å². The molecule has 0 unspecified atom stereocenters. The van der Waals surface area contributed by atoms with Gasteiger partial charge in [-0.05, 0) is 35.7 Å². The Morgan fingerprint density at radius 1 is 0.463 bits per heavy atom. The minimum absolute atomic E-state index is 0.883. The van der Waals surface area contributed by atoms with E-state index in [9.17, 15) is 0 Å². The van der Waals surface area contributed by atoms with Gasteiger partial charge in [0, 0.05) is 49.6 Å². The summed E-state index contributed by atoms with van der Waals surface area (Å²) in [5.41, 5.74) is 8.59. The van der Waals surface area contributed by atoms with Gasteiger partial charge in [-0.15, -0.1) is 0 Å². The van der Waals surface area contributed by atoms with Crippen molar-refractivity contribution >= 4 is 65.4 Å². The highest BCUT2D eigenvalue weighted by molar-refractivity contribution is 6.27. The summed E-state index contributed by atoms with van der Waals surface area (Å²) in [4.78, 5) is 14.9. The number of benzene rings is 5. The molecule has 0 bridgehead atoms. The average molecular weight is 524 g/mol. The topological polar surface area (TPSA) is 51.8 Å². The molecule has 4 aromatic heterocycles. The fourth-order valence-corrected chi connectivity index (χ4v) is 6.16. The highest BCUT2D eigenvalue weighted by Crippen LogP contribution is 2.40. The Balaban J connectivity index is 1.22. The van der Waals surface area contributed by atoms with Crippen LogP contribution in [0, 0.1) is 0 Å². The Kier molecular flexibility index (Phi) is 4.58. The van der Waals surface area contributed by atoms with Crippen molar-refractivity contribution in [2.45, 2.75) is 0 Å². The molecular formula is C37H21N3O. The molecule has 0 aliphatic carbocycles. The van der Waals surface area contributed by atoms with Crippen LogP contribution in [0.25, 0.3) is 87.9 Å². The summed E-state index contributed by atoms with van der Waals surface area (Å²) < 4.78 is 6.19. The van der Waals surface area contributed by atoms with E-state index in [1.165, 1.54) is 5.39 Å². The maximum Gasteiger partial charge on any atom is 0.136 e. The van der Waals surface area contributed by atoms with Gasteiger partial charge in [0.25, 0.3) is 0 Å². The van der Waals surface area contributed by atoms with Crippen LogP contribution >= 0.6 is 0 Å². The Morgan fingerprint density at radius 2 is 1.20 bits per heavy atom. The SMILES string of the molecule is c1cnc2c(c1)ccc1ccc(-c3ccc(-c4nc5ccc6oc7ccccc7c6c5c5ccccc45)cc3)nc12. The molecule has 5 aromatic carbocycles. The lowest BCUT2D eigenvalue weighted by Crippen LogP contribution is -1.91. The number of pyridine rings is 3. The van der Waals surface area contributed by atoms with E-state index in [1.807, 2.05) is 30.5 Å². The van der Waals surface area contributed by atoms with Gasteiger partial charge in [0.05, 0.1) is 27.9 Å². The number of rotatable bonds is 2. The molecule has 0 N–H and O–H groups in total. The van der Waals surface area contributed by atoms with Gasteiger partial charge in [-0.3, -0.25) is 4.98 Å². The largest absolute Gasteiger partial charge is 0.456 e. The predicted molar refractivity (Wildman–Crippen MR) is 168 cm³/mol. The molecule has 41 heavy (non-hydrogen) atoms. The Morgan fingerprint density at radius 3 is 2.07 bits per heavy atom. The Labute approximate surface area is 234 Å². The van der Waals surface area contributed by atoms with Gasteiger partial charge in [-0.25, -0.2) is 9.97 Å². The molecule has 9 rings (SSSR count). The van der Waals surface area contributed by atoms with Gasteiger partial charge >= 0.3 is 0 Å². The van der Waals surface area contributed by atoms with E-state index in [0.717, 1.165) is 82.5 Å². The maximum absolute atomic E-state index is 6.19. The minimum atomic E-state index is 0.883. The van der Waals surface area contributed by atoms with Crippen LogP contribution in [0.15, 0.2) is 132 Å². The second kappa shape index (κ2) is 8.44. The number of para-hydroxylation sites is 1. The fourth-order valence-electron chi connectivity index (χ4n) is 6.16. The summed E-state index contributed by atoms with van der Waals surface area (Å²) in [7, 11) is 0. The molecule has 0 aliphatic rings. The second-order valence-electron chi connectivity index (χ2n) is 10.4. The van der Waals surface area contributed by atoms with Crippen LogP contribution in [0.5, 0.6) is 0 Å².